The first kappa shape index (κ1) is 14.9. The van der Waals surface area contributed by atoms with Gasteiger partial charge in [-0.1, -0.05) is 18.2 Å². The molecule has 1 aliphatic heterocycles. The molecular weight excluding hydrogens is 296 g/mol. The minimum atomic E-state index is 0.0319. The number of carbonyl (C=O) groups excluding carboxylic acids is 1. The second-order valence-electron chi connectivity index (χ2n) is 5.44. The van der Waals surface area contributed by atoms with Gasteiger partial charge in [0.15, 0.2) is 0 Å². The molecule has 116 valence electrons. The molecule has 1 atom stereocenters. The van der Waals surface area contributed by atoms with Crippen molar-refractivity contribution in [1.82, 2.24) is 10.2 Å². The Balaban J connectivity index is 1.53. The average Bonchev–Trinajstić information content (AvgIpc) is 3.24. The molecule has 22 heavy (non-hydrogen) atoms. The van der Waals surface area contributed by atoms with Crippen LogP contribution in [0.1, 0.15) is 22.8 Å². The highest BCUT2D eigenvalue weighted by molar-refractivity contribution is 7.09. The number of carbonyl (C=O) groups is 1. The van der Waals surface area contributed by atoms with Gasteiger partial charge in [0, 0.05) is 23.9 Å². The van der Waals surface area contributed by atoms with Crippen molar-refractivity contribution in [2.75, 3.05) is 20.2 Å². The number of thiophene rings is 1. The number of likely N-dealkylation sites (tertiary alicyclic amines) is 1. The number of rotatable bonds is 4. The Kier molecular flexibility index (Phi) is 4.63. The van der Waals surface area contributed by atoms with Gasteiger partial charge in [-0.2, -0.15) is 0 Å². The zero-order valence-corrected chi connectivity index (χ0v) is 13.4. The van der Waals surface area contributed by atoms with Crippen molar-refractivity contribution in [2.45, 2.75) is 18.9 Å². The predicted octanol–water partition coefficient (Wildman–Crippen LogP) is 3.46. The van der Waals surface area contributed by atoms with E-state index in [1.54, 1.807) is 18.4 Å². The normalized spacial score (nSPS) is 17.5. The number of amides is 2. The molecule has 2 aromatic rings. The zero-order chi connectivity index (χ0) is 15.4. The van der Waals surface area contributed by atoms with Crippen molar-refractivity contribution in [3.05, 3.63) is 52.2 Å². The van der Waals surface area contributed by atoms with E-state index in [0.29, 0.717) is 12.5 Å². The van der Waals surface area contributed by atoms with Crippen molar-refractivity contribution in [1.29, 1.82) is 0 Å². The van der Waals surface area contributed by atoms with Crippen LogP contribution >= 0.6 is 11.3 Å². The van der Waals surface area contributed by atoms with Crippen LogP contribution in [0.25, 0.3) is 0 Å². The SMILES string of the molecule is COc1ccc(C2CCN(C(=O)NCc3cccs3)C2)cc1. The van der Waals surface area contributed by atoms with Crippen LogP contribution in [-0.4, -0.2) is 31.1 Å². The van der Waals surface area contributed by atoms with Crippen molar-refractivity contribution in [2.24, 2.45) is 0 Å². The van der Waals surface area contributed by atoms with Crippen LogP contribution in [0.15, 0.2) is 41.8 Å². The topological polar surface area (TPSA) is 41.6 Å². The van der Waals surface area contributed by atoms with E-state index in [2.05, 4.69) is 17.4 Å². The van der Waals surface area contributed by atoms with E-state index < -0.39 is 0 Å². The molecule has 0 spiro atoms. The smallest absolute Gasteiger partial charge is 0.317 e. The lowest BCUT2D eigenvalue weighted by Crippen LogP contribution is -2.37. The summed E-state index contributed by atoms with van der Waals surface area (Å²) >= 11 is 1.66. The summed E-state index contributed by atoms with van der Waals surface area (Å²) in [7, 11) is 1.67. The Bertz CT molecular complexity index is 610. The van der Waals surface area contributed by atoms with Crippen LogP contribution in [0.4, 0.5) is 4.79 Å². The predicted molar refractivity (Wildman–Crippen MR) is 88.5 cm³/mol. The molecule has 4 nitrogen and oxygen atoms in total. The van der Waals surface area contributed by atoms with Gasteiger partial charge in [-0.15, -0.1) is 11.3 Å². The molecule has 1 saturated heterocycles. The first-order chi connectivity index (χ1) is 10.8. The highest BCUT2D eigenvalue weighted by Gasteiger charge is 2.27. The van der Waals surface area contributed by atoms with Crippen LogP contribution in [0.2, 0.25) is 0 Å². The molecule has 0 radical (unpaired) electrons. The molecule has 0 aliphatic carbocycles. The highest BCUT2D eigenvalue weighted by atomic mass is 32.1. The summed E-state index contributed by atoms with van der Waals surface area (Å²) in [5.74, 6) is 1.28. The monoisotopic (exact) mass is 316 g/mol. The molecule has 1 unspecified atom stereocenters. The maximum absolute atomic E-state index is 12.2. The Labute approximate surface area is 134 Å². The Hall–Kier alpha value is -2.01. The molecule has 0 saturated carbocycles. The molecule has 0 bridgehead atoms. The molecule has 1 N–H and O–H groups in total. The van der Waals surface area contributed by atoms with Crippen LogP contribution in [0.3, 0.4) is 0 Å². The van der Waals surface area contributed by atoms with E-state index in [1.807, 2.05) is 34.5 Å². The number of hydrogen-bond acceptors (Lipinski definition) is 3. The fraction of sp³-hybridized carbons (Fsp3) is 0.353. The van der Waals surface area contributed by atoms with Crippen molar-refractivity contribution >= 4 is 17.4 Å². The van der Waals surface area contributed by atoms with Gasteiger partial charge in [0.25, 0.3) is 0 Å². The number of methoxy groups -OCH3 is 1. The van der Waals surface area contributed by atoms with Crippen LogP contribution in [0, 0.1) is 0 Å². The van der Waals surface area contributed by atoms with E-state index in [0.717, 1.165) is 25.3 Å². The van der Waals surface area contributed by atoms with Gasteiger partial charge in [-0.25, -0.2) is 4.79 Å². The van der Waals surface area contributed by atoms with Gasteiger partial charge in [0.2, 0.25) is 0 Å². The summed E-state index contributed by atoms with van der Waals surface area (Å²) in [5.41, 5.74) is 1.27. The molecule has 2 heterocycles. The van der Waals surface area contributed by atoms with Crippen LogP contribution in [0.5, 0.6) is 5.75 Å². The fourth-order valence-electron chi connectivity index (χ4n) is 2.78. The van der Waals surface area contributed by atoms with E-state index >= 15 is 0 Å². The summed E-state index contributed by atoms with van der Waals surface area (Å²) in [6.45, 7) is 2.20. The van der Waals surface area contributed by atoms with E-state index in [1.165, 1.54) is 10.4 Å². The van der Waals surface area contributed by atoms with Crippen molar-refractivity contribution in [3.8, 4) is 5.75 Å². The molecule has 5 heteroatoms. The minimum Gasteiger partial charge on any atom is -0.497 e. The van der Waals surface area contributed by atoms with E-state index in [9.17, 15) is 4.79 Å². The number of ether oxygens (including phenoxy) is 1. The number of hydrogen-bond donors (Lipinski definition) is 1. The standard InChI is InChI=1S/C17H20N2O2S/c1-21-15-6-4-13(5-7-15)14-8-9-19(12-14)17(20)18-11-16-3-2-10-22-16/h2-7,10,14H,8-9,11-12H2,1H3,(H,18,20). The second-order valence-corrected chi connectivity index (χ2v) is 6.48. The minimum absolute atomic E-state index is 0.0319. The molecule has 2 amide bonds. The zero-order valence-electron chi connectivity index (χ0n) is 12.6. The quantitative estimate of drug-likeness (QED) is 0.938. The third kappa shape index (κ3) is 3.42. The van der Waals surface area contributed by atoms with Crippen molar-refractivity contribution < 1.29 is 9.53 Å². The third-order valence-electron chi connectivity index (χ3n) is 4.06. The lowest BCUT2D eigenvalue weighted by molar-refractivity contribution is 0.208. The van der Waals surface area contributed by atoms with Gasteiger partial charge >= 0.3 is 6.03 Å². The van der Waals surface area contributed by atoms with Crippen molar-refractivity contribution in [3.63, 3.8) is 0 Å². The van der Waals surface area contributed by atoms with Crippen LogP contribution < -0.4 is 10.1 Å². The molecule has 1 fully saturated rings. The number of nitrogens with zero attached hydrogens (tertiary/aromatic N) is 1. The largest absolute Gasteiger partial charge is 0.497 e. The second kappa shape index (κ2) is 6.83. The molecule has 1 aliphatic rings. The molecule has 1 aromatic heterocycles. The maximum atomic E-state index is 12.2. The summed E-state index contributed by atoms with van der Waals surface area (Å²) in [6, 6.07) is 12.2. The average molecular weight is 316 g/mol. The van der Waals surface area contributed by atoms with E-state index in [-0.39, 0.29) is 6.03 Å². The number of nitrogens with one attached hydrogen (secondary N) is 1. The van der Waals surface area contributed by atoms with Gasteiger partial charge in [-0.05, 0) is 35.6 Å². The Morgan fingerprint density at radius 2 is 2.18 bits per heavy atom. The maximum Gasteiger partial charge on any atom is 0.317 e. The summed E-state index contributed by atoms with van der Waals surface area (Å²) in [6.07, 6.45) is 1.01. The van der Waals surface area contributed by atoms with Gasteiger partial charge in [0.05, 0.1) is 13.7 Å². The van der Waals surface area contributed by atoms with Crippen LogP contribution in [-0.2, 0) is 6.54 Å². The first-order valence-corrected chi connectivity index (χ1v) is 8.33. The summed E-state index contributed by atoms with van der Waals surface area (Å²) < 4.78 is 5.18. The number of urea groups is 1. The lowest BCUT2D eigenvalue weighted by Gasteiger charge is -2.17. The van der Waals surface area contributed by atoms with E-state index in [4.69, 9.17) is 4.74 Å². The Morgan fingerprint density at radius 3 is 2.86 bits per heavy atom. The van der Waals surface area contributed by atoms with Gasteiger partial charge in [0.1, 0.15) is 5.75 Å². The first-order valence-electron chi connectivity index (χ1n) is 7.45. The van der Waals surface area contributed by atoms with Gasteiger partial charge in [-0.3, -0.25) is 0 Å². The lowest BCUT2D eigenvalue weighted by atomic mass is 9.98. The fourth-order valence-corrected chi connectivity index (χ4v) is 3.43. The highest BCUT2D eigenvalue weighted by Crippen LogP contribution is 2.28. The molecular formula is C17H20N2O2S. The Morgan fingerprint density at radius 1 is 1.36 bits per heavy atom. The third-order valence-corrected chi connectivity index (χ3v) is 4.93. The summed E-state index contributed by atoms with van der Waals surface area (Å²) in [5, 5.41) is 5.02. The van der Waals surface area contributed by atoms with Gasteiger partial charge < -0.3 is 15.0 Å². The molecule has 1 aromatic carbocycles. The number of benzene rings is 1. The summed E-state index contributed by atoms with van der Waals surface area (Å²) in [4.78, 5) is 15.3. The molecule has 3 rings (SSSR count).